The number of hydrogen-bond donors (Lipinski definition) is 0. The smallest absolute Gasteiger partial charge is 0.225 e. The molecule has 0 saturated carbocycles. The zero-order valence-electron chi connectivity index (χ0n) is 14.8. The molecule has 1 saturated heterocycles. The molecule has 0 N–H and O–H groups in total. The lowest BCUT2D eigenvalue weighted by Gasteiger charge is -2.35. The molecular weight excluding hydrogens is 304 g/mol. The topological polar surface area (TPSA) is 68.8 Å². The van der Waals surface area contributed by atoms with Crippen LogP contribution >= 0.6 is 0 Å². The maximum atomic E-state index is 12.8. The Kier molecular flexibility index (Phi) is 4.97. The second-order valence-corrected chi connectivity index (χ2v) is 6.47. The maximum absolute atomic E-state index is 12.8. The van der Waals surface area contributed by atoms with Gasteiger partial charge in [0, 0.05) is 31.7 Å². The van der Waals surface area contributed by atoms with Crippen molar-refractivity contribution in [2.24, 2.45) is 0 Å². The fourth-order valence-corrected chi connectivity index (χ4v) is 3.51. The van der Waals surface area contributed by atoms with Crippen molar-refractivity contribution < 1.29 is 4.79 Å². The molecule has 2 aromatic heterocycles. The number of aromatic nitrogens is 5. The minimum Gasteiger partial charge on any atom is -0.332 e. The highest BCUT2D eigenvalue weighted by atomic mass is 16.2. The summed E-state index contributed by atoms with van der Waals surface area (Å²) in [6.07, 6.45) is 5.37. The van der Waals surface area contributed by atoms with Crippen LogP contribution in [0.3, 0.4) is 0 Å². The van der Waals surface area contributed by atoms with Gasteiger partial charge in [-0.25, -0.2) is 0 Å². The van der Waals surface area contributed by atoms with E-state index in [2.05, 4.69) is 22.2 Å². The van der Waals surface area contributed by atoms with E-state index in [0.29, 0.717) is 13.0 Å². The highest BCUT2D eigenvalue weighted by Gasteiger charge is 2.31. The monoisotopic (exact) mass is 330 g/mol. The van der Waals surface area contributed by atoms with Crippen molar-refractivity contribution in [1.29, 1.82) is 0 Å². The van der Waals surface area contributed by atoms with Gasteiger partial charge in [0.05, 0.1) is 11.7 Å². The van der Waals surface area contributed by atoms with E-state index in [1.54, 1.807) is 6.33 Å². The predicted molar refractivity (Wildman–Crippen MR) is 90.3 cm³/mol. The Morgan fingerprint density at radius 1 is 1.33 bits per heavy atom. The number of piperidine rings is 1. The first kappa shape index (κ1) is 16.7. The van der Waals surface area contributed by atoms with E-state index in [-0.39, 0.29) is 11.9 Å². The molecule has 1 fully saturated rings. The minimum atomic E-state index is 0.0501. The van der Waals surface area contributed by atoms with Crippen LogP contribution in [0, 0.1) is 13.8 Å². The van der Waals surface area contributed by atoms with Crippen molar-refractivity contribution in [3.05, 3.63) is 29.6 Å². The molecule has 0 aliphatic carbocycles. The molecule has 7 heteroatoms. The van der Waals surface area contributed by atoms with Gasteiger partial charge in [-0.05, 0) is 46.1 Å². The fourth-order valence-electron chi connectivity index (χ4n) is 3.51. The quantitative estimate of drug-likeness (QED) is 0.843. The SMILES string of the molecule is CCn1cnnc1C1CCCCN1C(=O)CCn1nc(C)cc1C. The Hall–Kier alpha value is -2.18. The van der Waals surface area contributed by atoms with Crippen molar-refractivity contribution in [2.45, 2.75) is 65.6 Å². The van der Waals surface area contributed by atoms with Crippen molar-refractivity contribution in [3.8, 4) is 0 Å². The summed E-state index contributed by atoms with van der Waals surface area (Å²) in [6.45, 7) is 8.33. The molecule has 1 aliphatic rings. The van der Waals surface area contributed by atoms with Gasteiger partial charge in [-0.1, -0.05) is 0 Å². The molecular formula is C17H26N6O. The molecule has 0 aromatic carbocycles. The van der Waals surface area contributed by atoms with Gasteiger partial charge >= 0.3 is 0 Å². The van der Waals surface area contributed by atoms with Crippen LogP contribution in [0.25, 0.3) is 0 Å². The third kappa shape index (κ3) is 3.34. The minimum absolute atomic E-state index is 0.0501. The largest absolute Gasteiger partial charge is 0.332 e. The summed E-state index contributed by atoms with van der Waals surface area (Å²) >= 11 is 0. The third-order valence-corrected chi connectivity index (χ3v) is 4.75. The normalized spacial score (nSPS) is 18.1. The molecule has 3 rings (SSSR count). The summed E-state index contributed by atoms with van der Waals surface area (Å²) in [5.41, 5.74) is 2.09. The van der Waals surface area contributed by atoms with Crippen molar-refractivity contribution in [2.75, 3.05) is 6.54 Å². The van der Waals surface area contributed by atoms with Gasteiger partial charge in [-0.15, -0.1) is 10.2 Å². The molecule has 1 amide bonds. The Morgan fingerprint density at radius 3 is 2.88 bits per heavy atom. The molecule has 7 nitrogen and oxygen atoms in total. The average molecular weight is 330 g/mol. The lowest BCUT2D eigenvalue weighted by atomic mass is 10.0. The summed E-state index contributed by atoms with van der Waals surface area (Å²) in [7, 11) is 0. The second kappa shape index (κ2) is 7.15. The molecule has 1 unspecified atom stereocenters. The molecule has 24 heavy (non-hydrogen) atoms. The number of nitrogens with zero attached hydrogens (tertiary/aromatic N) is 6. The first-order chi connectivity index (χ1) is 11.6. The zero-order chi connectivity index (χ0) is 17.1. The molecule has 0 radical (unpaired) electrons. The van der Waals surface area contributed by atoms with Crippen LogP contribution in [0.15, 0.2) is 12.4 Å². The molecule has 0 spiro atoms. The van der Waals surface area contributed by atoms with Gasteiger partial charge in [0.25, 0.3) is 0 Å². The Labute approximate surface area is 142 Å². The predicted octanol–water partition coefficient (Wildman–Crippen LogP) is 2.26. The van der Waals surface area contributed by atoms with Crippen LogP contribution in [0.2, 0.25) is 0 Å². The van der Waals surface area contributed by atoms with E-state index in [1.807, 2.05) is 34.1 Å². The molecule has 1 aliphatic heterocycles. The van der Waals surface area contributed by atoms with Crippen LogP contribution in [0.5, 0.6) is 0 Å². The number of hydrogen-bond acceptors (Lipinski definition) is 4. The zero-order valence-corrected chi connectivity index (χ0v) is 14.8. The van der Waals surface area contributed by atoms with E-state index in [9.17, 15) is 4.79 Å². The van der Waals surface area contributed by atoms with Gasteiger partial charge in [-0.3, -0.25) is 9.48 Å². The Bertz CT molecular complexity index is 704. The summed E-state index contributed by atoms with van der Waals surface area (Å²) in [5.74, 6) is 1.09. The molecule has 0 bridgehead atoms. The van der Waals surface area contributed by atoms with E-state index < -0.39 is 0 Å². The van der Waals surface area contributed by atoms with Crippen LogP contribution < -0.4 is 0 Å². The highest BCUT2D eigenvalue weighted by Crippen LogP contribution is 2.30. The van der Waals surface area contributed by atoms with E-state index in [0.717, 1.165) is 49.6 Å². The van der Waals surface area contributed by atoms with E-state index in [4.69, 9.17) is 0 Å². The molecule has 130 valence electrons. The fraction of sp³-hybridized carbons (Fsp3) is 0.647. The van der Waals surface area contributed by atoms with Crippen LogP contribution in [-0.2, 0) is 17.9 Å². The van der Waals surface area contributed by atoms with Crippen molar-refractivity contribution >= 4 is 5.91 Å². The van der Waals surface area contributed by atoms with Gasteiger partial charge in [-0.2, -0.15) is 5.10 Å². The number of likely N-dealkylation sites (tertiary alicyclic amines) is 1. The van der Waals surface area contributed by atoms with Gasteiger partial charge in [0.15, 0.2) is 5.82 Å². The summed E-state index contributed by atoms with van der Waals surface area (Å²) < 4.78 is 3.96. The van der Waals surface area contributed by atoms with Crippen molar-refractivity contribution in [3.63, 3.8) is 0 Å². The lowest BCUT2D eigenvalue weighted by molar-refractivity contribution is -0.135. The van der Waals surface area contributed by atoms with Gasteiger partial charge in [0.1, 0.15) is 6.33 Å². The van der Waals surface area contributed by atoms with Gasteiger partial charge in [0.2, 0.25) is 5.91 Å². The molecule has 3 heterocycles. The maximum Gasteiger partial charge on any atom is 0.225 e. The first-order valence-corrected chi connectivity index (χ1v) is 8.78. The average Bonchev–Trinajstić information content (AvgIpc) is 3.18. The molecule has 1 atom stereocenters. The Balaban J connectivity index is 1.70. The highest BCUT2D eigenvalue weighted by molar-refractivity contribution is 5.76. The molecule has 2 aromatic rings. The second-order valence-electron chi connectivity index (χ2n) is 6.47. The summed E-state index contributed by atoms with van der Waals surface area (Å²) in [4.78, 5) is 14.8. The number of aryl methyl sites for hydroxylation is 4. The number of carbonyl (C=O) groups excluding carboxylic acids is 1. The van der Waals surface area contributed by atoms with Crippen molar-refractivity contribution in [1.82, 2.24) is 29.4 Å². The van der Waals surface area contributed by atoms with Crippen LogP contribution in [-0.4, -0.2) is 41.9 Å². The van der Waals surface area contributed by atoms with Gasteiger partial charge < -0.3 is 9.47 Å². The lowest BCUT2D eigenvalue weighted by Crippen LogP contribution is -2.40. The Morgan fingerprint density at radius 2 is 2.17 bits per heavy atom. The third-order valence-electron chi connectivity index (χ3n) is 4.75. The number of carbonyl (C=O) groups is 1. The number of amides is 1. The first-order valence-electron chi connectivity index (χ1n) is 8.78. The summed E-state index contributed by atoms with van der Waals surface area (Å²) in [5, 5.41) is 12.8. The van der Waals surface area contributed by atoms with E-state index in [1.165, 1.54) is 0 Å². The van der Waals surface area contributed by atoms with Crippen LogP contribution in [0.4, 0.5) is 0 Å². The van der Waals surface area contributed by atoms with Crippen LogP contribution in [0.1, 0.15) is 55.9 Å². The number of rotatable bonds is 5. The standard InChI is InChI=1S/C17H26N6O/c1-4-21-12-18-19-17(21)15-7-5-6-9-22(15)16(24)8-10-23-14(3)11-13(2)20-23/h11-12,15H,4-10H2,1-3H3. The summed E-state index contributed by atoms with van der Waals surface area (Å²) in [6, 6.07) is 2.09. The van der Waals surface area contributed by atoms with E-state index >= 15 is 0 Å².